The van der Waals surface area contributed by atoms with E-state index >= 15 is 0 Å². The number of pyridine rings is 1. The molecule has 0 saturated heterocycles. The average Bonchev–Trinajstić information content (AvgIpc) is 2.61. The molecule has 1 N–H and O–H groups in total. The fourth-order valence-electron chi connectivity index (χ4n) is 2.18. The third kappa shape index (κ3) is 3.95. The Kier molecular flexibility index (Phi) is 4.81. The molecule has 0 aliphatic carbocycles. The lowest BCUT2D eigenvalue weighted by atomic mass is 10.1. The second-order valence-electron chi connectivity index (χ2n) is 5.10. The van der Waals surface area contributed by atoms with Gasteiger partial charge in [-0.25, -0.2) is 4.39 Å². The molecule has 0 aliphatic rings. The van der Waals surface area contributed by atoms with Crippen LogP contribution < -0.4 is 10.1 Å². The van der Waals surface area contributed by atoms with E-state index in [1.165, 1.54) is 18.2 Å². The van der Waals surface area contributed by atoms with E-state index in [1.54, 1.807) is 42.7 Å². The predicted molar refractivity (Wildman–Crippen MR) is 89.4 cm³/mol. The molecule has 24 heavy (non-hydrogen) atoms. The van der Waals surface area contributed by atoms with Gasteiger partial charge in [0.15, 0.2) is 0 Å². The summed E-state index contributed by atoms with van der Waals surface area (Å²) in [6, 6.07) is 16.4. The summed E-state index contributed by atoms with van der Waals surface area (Å²) in [7, 11) is 0. The number of para-hydroxylation sites is 1. The van der Waals surface area contributed by atoms with Crippen molar-refractivity contribution in [2.75, 3.05) is 5.32 Å². The van der Waals surface area contributed by atoms with E-state index in [2.05, 4.69) is 10.3 Å². The first-order valence-corrected chi connectivity index (χ1v) is 7.40. The molecular weight excluding hydrogens is 307 g/mol. The van der Waals surface area contributed by atoms with Crippen LogP contribution in [-0.4, -0.2) is 10.9 Å². The van der Waals surface area contributed by atoms with Crippen molar-refractivity contribution in [1.29, 1.82) is 0 Å². The minimum absolute atomic E-state index is 0.326. The summed E-state index contributed by atoms with van der Waals surface area (Å²) in [4.78, 5) is 16.4. The lowest BCUT2D eigenvalue weighted by Crippen LogP contribution is -2.13. The zero-order chi connectivity index (χ0) is 16.8. The van der Waals surface area contributed by atoms with Gasteiger partial charge in [0.1, 0.15) is 18.2 Å². The van der Waals surface area contributed by atoms with Gasteiger partial charge in [-0.2, -0.15) is 0 Å². The molecule has 2 aromatic carbocycles. The zero-order valence-electron chi connectivity index (χ0n) is 12.8. The molecule has 0 aliphatic heterocycles. The van der Waals surface area contributed by atoms with Crippen LogP contribution >= 0.6 is 0 Å². The minimum Gasteiger partial charge on any atom is -0.488 e. The highest BCUT2D eigenvalue weighted by Gasteiger charge is 2.12. The van der Waals surface area contributed by atoms with Crippen molar-refractivity contribution < 1.29 is 13.9 Å². The summed E-state index contributed by atoms with van der Waals surface area (Å²) in [5.41, 5.74) is 1.73. The molecule has 5 heteroatoms. The van der Waals surface area contributed by atoms with Gasteiger partial charge in [-0.05, 0) is 48.0 Å². The second-order valence-corrected chi connectivity index (χ2v) is 5.10. The Morgan fingerprint density at radius 1 is 1.04 bits per heavy atom. The number of anilines is 1. The molecule has 4 nitrogen and oxygen atoms in total. The lowest BCUT2D eigenvalue weighted by Gasteiger charge is -2.12. The van der Waals surface area contributed by atoms with Crippen molar-refractivity contribution in [2.24, 2.45) is 0 Å². The summed E-state index contributed by atoms with van der Waals surface area (Å²) < 4.78 is 19.0. The molecule has 1 heterocycles. The maximum atomic E-state index is 13.2. The van der Waals surface area contributed by atoms with Gasteiger partial charge in [-0.3, -0.25) is 9.78 Å². The predicted octanol–water partition coefficient (Wildman–Crippen LogP) is 4.05. The number of aromatic nitrogens is 1. The van der Waals surface area contributed by atoms with Crippen LogP contribution in [0.1, 0.15) is 15.9 Å². The number of nitrogens with zero attached hydrogens (tertiary/aromatic N) is 1. The zero-order valence-corrected chi connectivity index (χ0v) is 12.8. The van der Waals surface area contributed by atoms with Crippen LogP contribution in [0.15, 0.2) is 73.1 Å². The third-order valence-corrected chi connectivity index (χ3v) is 3.36. The molecule has 120 valence electrons. The first kappa shape index (κ1) is 15.7. The Morgan fingerprint density at radius 2 is 1.83 bits per heavy atom. The first-order valence-electron chi connectivity index (χ1n) is 7.40. The third-order valence-electron chi connectivity index (χ3n) is 3.36. The van der Waals surface area contributed by atoms with Crippen LogP contribution in [-0.2, 0) is 6.61 Å². The smallest absolute Gasteiger partial charge is 0.259 e. The standard InChI is InChI=1S/C19H15FN2O2/c20-15-4-3-5-16(12-15)22-19(23)17-6-1-2-7-18(17)24-13-14-8-10-21-11-9-14/h1-12H,13H2,(H,22,23). The van der Waals surface area contributed by atoms with Crippen LogP contribution in [0.3, 0.4) is 0 Å². The van der Waals surface area contributed by atoms with E-state index in [4.69, 9.17) is 4.74 Å². The quantitative estimate of drug-likeness (QED) is 0.771. The number of amides is 1. The van der Waals surface area contributed by atoms with E-state index in [9.17, 15) is 9.18 Å². The van der Waals surface area contributed by atoms with Crippen molar-refractivity contribution in [3.63, 3.8) is 0 Å². The molecule has 0 spiro atoms. The monoisotopic (exact) mass is 322 g/mol. The summed E-state index contributed by atoms with van der Waals surface area (Å²) in [5, 5.41) is 2.67. The Labute approximate surface area is 138 Å². The number of benzene rings is 2. The number of hydrogen-bond acceptors (Lipinski definition) is 3. The first-order chi connectivity index (χ1) is 11.7. The Morgan fingerprint density at radius 3 is 2.62 bits per heavy atom. The number of halogens is 1. The van der Waals surface area contributed by atoms with Crippen molar-refractivity contribution in [1.82, 2.24) is 4.98 Å². The van der Waals surface area contributed by atoms with Crippen molar-refractivity contribution >= 4 is 11.6 Å². The number of carbonyl (C=O) groups is 1. The molecule has 3 rings (SSSR count). The fourth-order valence-corrected chi connectivity index (χ4v) is 2.18. The van der Waals surface area contributed by atoms with E-state index in [0.29, 0.717) is 23.6 Å². The molecule has 0 radical (unpaired) electrons. The normalized spacial score (nSPS) is 10.2. The summed E-state index contributed by atoms with van der Waals surface area (Å²) in [6.07, 6.45) is 3.36. The van der Waals surface area contributed by atoms with Crippen LogP contribution in [0.5, 0.6) is 5.75 Å². The number of rotatable bonds is 5. The number of hydrogen-bond donors (Lipinski definition) is 1. The Balaban J connectivity index is 1.74. The fraction of sp³-hybridized carbons (Fsp3) is 0.0526. The summed E-state index contributed by atoms with van der Waals surface area (Å²) in [5.74, 6) is -0.302. The molecule has 3 aromatic rings. The molecule has 0 unspecified atom stereocenters. The largest absolute Gasteiger partial charge is 0.488 e. The van der Waals surface area contributed by atoms with E-state index in [1.807, 2.05) is 12.1 Å². The molecule has 0 fully saturated rings. The molecule has 0 saturated carbocycles. The van der Waals surface area contributed by atoms with Crippen molar-refractivity contribution in [2.45, 2.75) is 6.61 Å². The van der Waals surface area contributed by atoms with E-state index in [0.717, 1.165) is 5.56 Å². The minimum atomic E-state index is -0.407. The van der Waals surface area contributed by atoms with Gasteiger partial charge in [0, 0.05) is 18.1 Å². The van der Waals surface area contributed by atoms with Gasteiger partial charge < -0.3 is 10.1 Å². The summed E-state index contributed by atoms with van der Waals surface area (Å²) >= 11 is 0. The summed E-state index contributed by atoms with van der Waals surface area (Å²) in [6.45, 7) is 0.326. The van der Waals surface area contributed by atoms with Crippen LogP contribution in [0.2, 0.25) is 0 Å². The number of nitrogens with one attached hydrogen (secondary N) is 1. The molecule has 1 amide bonds. The average molecular weight is 322 g/mol. The SMILES string of the molecule is O=C(Nc1cccc(F)c1)c1ccccc1OCc1ccncc1. The van der Waals surface area contributed by atoms with Gasteiger partial charge >= 0.3 is 0 Å². The highest BCUT2D eigenvalue weighted by molar-refractivity contribution is 6.06. The van der Waals surface area contributed by atoms with E-state index < -0.39 is 5.82 Å². The highest BCUT2D eigenvalue weighted by atomic mass is 19.1. The Bertz CT molecular complexity index is 838. The second kappa shape index (κ2) is 7.37. The Hall–Kier alpha value is -3.21. The van der Waals surface area contributed by atoms with Gasteiger partial charge in [0.05, 0.1) is 5.56 Å². The number of carbonyl (C=O) groups excluding carboxylic acids is 1. The molecular formula is C19H15FN2O2. The van der Waals surface area contributed by atoms with Crippen LogP contribution in [0.4, 0.5) is 10.1 Å². The highest BCUT2D eigenvalue weighted by Crippen LogP contribution is 2.21. The van der Waals surface area contributed by atoms with Gasteiger partial charge in [-0.15, -0.1) is 0 Å². The van der Waals surface area contributed by atoms with Crippen molar-refractivity contribution in [3.05, 3.63) is 90.0 Å². The topological polar surface area (TPSA) is 51.2 Å². The molecule has 1 aromatic heterocycles. The maximum Gasteiger partial charge on any atom is 0.259 e. The van der Waals surface area contributed by atoms with E-state index in [-0.39, 0.29) is 5.91 Å². The van der Waals surface area contributed by atoms with Crippen LogP contribution in [0, 0.1) is 5.82 Å². The van der Waals surface area contributed by atoms with Gasteiger partial charge in [0.25, 0.3) is 5.91 Å². The van der Waals surface area contributed by atoms with Gasteiger partial charge in [0.2, 0.25) is 0 Å². The maximum absolute atomic E-state index is 13.2. The molecule has 0 atom stereocenters. The molecule has 0 bridgehead atoms. The van der Waals surface area contributed by atoms with Crippen LogP contribution in [0.25, 0.3) is 0 Å². The van der Waals surface area contributed by atoms with Crippen molar-refractivity contribution in [3.8, 4) is 5.75 Å². The number of ether oxygens (including phenoxy) is 1. The lowest BCUT2D eigenvalue weighted by molar-refractivity contribution is 0.102. The van der Waals surface area contributed by atoms with Gasteiger partial charge in [-0.1, -0.05) is 18.2 Å².